The van der Waals surface area contributed by atoms with Gasteiger partial charge >= 0.3 is 0 Å². The third kappa shape index (κ3) is 3.56. The summed E-state index contributed by atoms with van der Waals surface area (Å²) in [5, 5.41) is 2.75. The lowest BCUT2D eigenvalue weighted by atomic mass is 10.2. The fourth-order valence-electron chi connectivity index (χ4n) is 2.18. The lowest BCUT2D eigenvalue weighted by Gasteiger charge is -2.21. The van der Waals surface area contributed by atoms with E-state index in [0.29, 0.717) is 5.56 Å². The minimum Gasteiger partial charge on any atom is -0.341 e. The molecule has 0 radical (unpaired) electrons. The summed E-state index contributed by atoms with van der Waals surface area (Å²) in [6, 6.07) is 6.64. The van der Waals surface area contributed by atoms with E-state index in [9.17, 15) is 9.59 Å². The van der Waals surface area contributed by atoms with E-state index in [1.54, 1.807) is 25.1 Å². The van der Waals surface area contributed by atoms with Crippen LogP contribution in [0.1, 0.15) is 30.1 Å². The molecule has 1 unspecified atom stereocenters. The highest BCUT2D eigenvalue weighted by atomic mass is 79.9. The topological polar surface area (TPSA) is 49.4 Å². The number of hydrogen-bond acceptors (Lipinski definition) is 2. The Labute approximate surface area is 121 Å². The minimum absolute atomic E-state index is 0.000784. The van der Waals surface area contributed by atoms with Crippen molar-refractivity contribution in [3.63, 3.8) is 0 Å². The molecule has 2 amide bonds. The zero-order chi connectivity index (χ0) is 13.8. The lowest BCUT2D eigenvalue weighted by Crippen LogP contribution is -2.45. The highest BCUT2D eigenvalue weighted by Crippen LogP contribution is 2.12. The Balaban J connectivity index is 1.96. The molecule has 0 aliphatic carbocycles. The summed E-state index contributed by atoms with van der Waals surface area (Å²) in [6.45, 7) is 3.34. The van der Waals surface area contributed by atoms with Gasteiger partial charge in [0, 0.05) is 23.1 Å². The van der Waals surface area contributed by atoms with Crippen LogP contribution in [0.4, 0.5) is 0 Å². The molecule has 19 heavy (non-hydrogen) atoms. The smallest absolute Gasteiger partial charge is 0.251 e. The fraction of sp³-hybridized carbons (Fsp3) is 0.429. The summed E-state index contributed by atoms with van der Waals surface area (Å²) in [5.41, 5.74) is 0.551. The number of rotatable bonds is 3. The van der Waals surface area contributed by atoms with Gasteiger partial charge in [0.2, 0.25) is 5.91 Å². The Bertz CT molecular complexity index is 484. The SMILES string of the molecule is CC(NC(=O)c1cccc(Br)c1)C(=O)N1CCCC1. The molecule has 5 heteroatoms. The van der Waals surface area contributed by atoms with E-state index >= 15 is 0 Å². The molecule has 1 aromatic rings. The summed E-state index contributed by atoms with van der Waals surface area (Å²) in [6.07, 6.45) is 2.11. The highest BCUT2D eigenvalue weighted by Gasteiger charge is 2.24. The van der Waals surface area contributed by atoms with Gasteiger partial charge in [-0.2, -0.15) is 0 Å². The van der Waals surface area contributed by atoms with Gasteiger partial charge in [0.05, 0.1) is 0 Å². The number of carbonyl (C=O) groups excluding carboxylic acids is 2. The molecule has 0 spiro atoms. The van der Waals surface area contributed by atoms with E-state index in [4.69, 9.17) is 0 Å². The molecule has 1 aromatic carbocycles. The maximum absolute atomic E-state index is 12.1. The second kappa shape index (κ2) is 6.19. The van der Waals surface area contributed by atoms with Crippen LogP contribution in [-0.4, -0.2) is 35.8 Å². The standard InChI is InChI=1S/C14H17BrN2O2/c1-10(14(19)17-7-2-3-8-17)16-13(18)11-5-4-6-12(15)9-11/h4-6,9-10H,2-3,7-8H2,1H3,(H,16,18). The van der Waals surface area contributed by atoms with Crippen LogP contribution in [0.15, 0.2) is 28.7 Å². The average molecular weight is 325 g/mol. The van der Waals surface area contributed by atoms with E-state index in [1.165, 1.54) is 0 Å². The molecule has 1 aliphatic rings. The van der Waals surface area contributed by atoms with E-state index in [-0.39, 0.29) is 11.8 Å². The first-order chi connectivity index (χ1) is 9.08. The van der Waals surface area contributed by atoms with Crippen molar-refractivity contribution < 1.29 is 9.59 Å². The van der Waals surface area contributed by atoms with Crippen molar-refractivity contribution in [1.82, 2.24) is 10.2 Å². The molecular formula is C14H17BrN2O2. The van der Waals surface area contributed by atoms with Crippen molar-refractivity contribution in [1.29, 1.82) is 0 Å². The summed E-state index contributed by atoms with van der Waals surface area (Å²) in [7, 11) is 0. The summed E-state index contributed by atoms with van der Waals surface area (Å²) >= 11 is 3.32. The Kier molecular flexibility index (Phi) is 4.58. The first-order valence-corrected chi connectivity index (χ1v) is 7.22. The van der Waals surface area contributed by atoms with E-state index in [2.05, 4.69) is 21.2 Å². The monoisotopic (exact) mass is 324 g/mol. The molecule has 0 aromatic heterocycles. The van der Waals surface area contributed by atoms with Gasteiger partial charge in [-0.1, -0.05) is 22.0 Å². The molecule has 0 saturated carbocycles. The normalized spacial score (nSPS) is 16.2. The van der Waals surface area contributed by atoms with Crippen LogP contribution in [0, 0.1) is 0 Å². The van der Waals surface area contributed by atoms with Gasteiger partial charge in [0.25, 0.3) is 5.91 Å². The van der Waals surface area contributed by atoms with Crippen LogP contribution in [-0.2, 0) is 4.79 Å². The van der Waals surface area contributed by atoms with Gasteiger partial charge in [-0.15, -0.1) is 0 Å². The predicted molar refractivity (Wildman–Crippen MR) is 76.9 cm³/mol. The van der Waals surface area contributed by atoms with Crippen molar-refractivity contribution >= 4 is 27.7 Å². The lowest BCUT2D eigenvalue weighted by molar-refractivity contribution is -0.131. The Morgan fingerprint density at radius 1 is 1.32 bits per heavy atom. The van der Waals surface area contributed by atoms with Crippen LogP contribution in [0.2, 0.25) is 0 Å². The van der Waals surface area contributed by atoms with Crippen molar-refractivity contribution in [3.05, 3.63) is 34.3 Å². The van der Waals surface area contributed by atoms with Crippen LogP contribution in [0.3, 0.4) is 0 Å². The van der Waals surface area contributed by atoms with Crippen LogP contribution < -0.4 is 5.32 Å². The van der Waals surface area contributed by atoms with Gasteiger partial charge < -0.3 is 10.2 Å². The first-order valence-electron chi connectivity index (χ1n) is 6.43. The fourth-order valence-corrected chi connectivity index (χ4v) is 2.58. The number of benzene rings is 1. The van der Waals surface area contributed by atoms with Gasteiger partial charge in [-0.3, -0.25) is 9.59 Å². The summed E-state index contributed by atoms with van der Waals surface area (Å²) in [5.74, 6) is -0.220. The minimum atomic E-state index is -0.482. The number of likely N-dealkylation sites (tertiary alicyclic amines) is 1. The van der Waals surface area contributed by atoms with Crippen molar-refractivity contribution in [3.8, 4) is 0 Å². The molecule has 1 heterocycles. The highest BCUT2D eigenvalue weighted by molar-refractivity contribution is 9.10. The second-order valence-electron chi connectivity index (χ2n) is 4.74. The number of hydrogen-bond donors (Lipinski definition) is 1. The number of nitrogens with one attached hydrogen (secondary N) is 1. The third-order valence-corrected chi connectivity index (χ3v) is 3.72. The molecule has 2 rings (SSSR count). The Hall–Kier alpha value is -1.36. The van der Waals surface area contributed by atoms with Crippen molar-refractivity contribution in [2.24, 2.45) is 0 Å². The average Bonchev–Trinajstić information content (AvgIpc) is 2.91. The van der Waals surface area contributed by atoms with Gasteiger partial charge in [0.1, 0.15) is 6.04 Å². The molecule has 0 bridgehead atoms. The quantitative estimate of drug-likeness (QED) is 0.926. The summed E-state index contributed by atoms with van der Waals surface area (Å²) in [4.78, 5) is 25.9. The molecule has 4 nitrogen and oxygen atoms in total. The third-order valence-electron chi connectivity index (χ3n) is 3.22. The van der Waals surface area contributed by atoms with Gasteiger partial charge in [-0.05, 0) is 38.0 Å². The maximum atomic E-state index is 12.1. The first kappa shape index (κ1) is 14.1. The Morgan fingerprint density at radius 3 is 2.63 bits per heavy atom. The van der Waals surface area contributed by atoms with E-state index < -0.39 is 6.04 Å². The van der Waals surface area contributed by atoms with E-state index in [0.717, 1.165) is 30.4 Å². The summed E-state index contributed by atoms with van der Waals surface area (Å²) < 4.78 is 0.846. The zero-order valence-electron chi connectivity index (χ0n) is 10.9. The number of carbonyl (C=O) groups is 2. The Morgan fingerprint density at radius 2 is 2.00 bits per heavy atom. The molecule has 102 valence electrons. The molecule has 1 aliphatic heterocycles. The number of nitrogens with zero attached hydrogens (tertiary/aromatic N) is 1. The predicted octanol–water partition coefficient (Wildman–Crippen LogP) is 2.19. The molecule has 1 N–H and O–H groups in total. The number of amides is 2. The van der Waals surface area contributed by atoms with Crippen molar-refractivity contribution in [2.45, 2.75) is 25.8 Å². The largest absolute Gasteiger partial charge is 0.341 e. The molecule has 1 fully saturated rings. The molecular weight excluding hydrogens is 308 g/mol. The molecule has 1 saturated heterocycles. The van der Waals surface area contributed by atoms with E-state index in [1.807, 2.05) is 11.0 Å². The van der Waals surface area contributed by atoms with Gasteiger partial charge in [-0.25, -0.2) is 0 Å². The zero-order valence-corrected chi connectivity index (χ0v) is 12.4. The van der Waals surface area contributed by atoms with Crippen LogP contribution in [0.25, 0.3) is 0 Å². The second-order valence-corrected chi connectivity index (χ2v) is 5.65. The van der Waals surface area contributed by atoms with Gasteiger partial charge in [0.15, 0.2) is 0 Å². The van der Waals surface area contributed by atoms with Crippen LogP contribution >= 0.6 is 15.9 Å². The maximum Gasteiger partial charge on any atom is 0.251 e. The van der Waals surface area contributed by atoms with Crippen molar-refractivity contribution in [2.75, 3.05) is 13.1 Å². The number of halogens is 1. The van der Waals surface area contributed by atoms with Crippen LogP contribution in [0.5, 0.6) is 0 Å². The molecule has 1 atom stereocenters.